The van der Waals surface area contributed by atoms with Gasteiger partial charge >= 0.3 is 0 Å². The van der Waals surface area contributed by atoms with Crippen LogP contribution in [0.5, 0.6) is 5.88 Å². The SMILES string of the molecule is COc1nc2c(cc1CN1CCCC(=O)N[C@H](CC(C)C)C(=O)N[C@@H](C)c3nc(-c4ccccc4)nn3CC(=O)NCC1)C(=O)N(C(C)C)C2. The summed E-state index contributed by atoms with van der Waals surface area (Å²) in [5.41, 5.74) is 2.78. The van der Waals surface area contributed by atoms with Gasteiger partial charge in [-0.25, -0.2) is 14.6 Å². The van der Waals surface area contributed by atoms with Gasteiger partial charge in [-0.3, -0.25) is 24.1 Å². The molecule has 4 amide bonds. The van der Waals surface area contributed by atoms with Gasteiger partial charge in [0.2, 0.25) is 23.6 Å². The average Bonchev–Trinajstić information content (AvgIpc) is 3.64. The number of fused-ring (bicyclic) bond motifs is 2. The lowest BCUT2D eigenvalue weighted by Gasteiger charge is -2.24. The van der Waals surface area contributed by atoms with Gasteiger partial charge in [-0.1, -0.05) is 44.2 Å². The van der Waals surface area contributed by atoms with Crippen LogP contribution in [0.3, 0.4) is 0 Å². The van der Waals surface area contributed by atoms with Gasteiger partial charge in [-0.15, -0.1) is 0 Å². The molecule has 3 N–H and O–H groups in total. The van der Waals surface area contributed by atoms with Crippen LogP contribution in [0.4, 0.5) is 0 Å². The lowest BCUT2D eigenvalue weighted by atomic mass is 10.0. The largest absolute Gasteiger partial charge is 0.481 e. The molecule has 0 unspecified atom stereocenters. The molecule has 1 aromatic carbocycles. The van der Waals surface area contributed by atoms with Crippen molar-refractivity contribution in [1.82, 2.24) is 45.5 Å². The van der Waals surface area contributed by atoms with Gasteiger partial charge in [0.1, 0.15) is 18.4 Å². The van der Waals surface area contributed by atoms with E-state index in [-0.39, 0.29) is 48.6 Å². The Morgan fingerprint density at radius 3 is 2.42 bits per heavy atom. The first-order valence-corrected chi connectivity index (χ1v) is 17.4. The highest BCUT2D eigenvalue weighted by Gasteiger charge is 2.32. The molecule has 4 heterocycles. The molecule has 0 bridgehead atoms. The molecule has 2 aliphatic heterocycles. The van der Waals surface area contributed by atoms with E-state index in [0.29, 0.717) is 74.4 Å². The van der Waals surface area contributed by atoms with Crippen LogP contribution in [-0.4, -0.2) is 92.0 Å². The van der Waals surface area contributed by atoms with E-state index < -0.39 is 12.1 Å². The second kappa shape index (κ2) is 16.2. The van der Waals surface area contributed by atoms with Crippen molar-refractivity contribution in [2.75, 3.05) is 26.7 Å². The summed E-state index contributed by atoms with van der Waals surface area (Å²) in [6, 6.07) is 10.00. The zero-order chi connectivity index (χ0) is 35.9. The zero-order valence-electron chi connectivity index (χ0n) is 29.9. The molecule has 0 fully saturated rings. The minimum absolute atomic E-state index is 0.0370. The Balaban J connectivity index is 1.40. The molecular weight excluding hydrogens is 638 g/mol. The summed E-state index contributed by atoms with van der Waals surface area (Å²) in [5.74, 6) is 0.592. The highest BCUT2D eigenvalue weighted by molar-refractivity contribution is 5.98. The lowest BCUT2D eigenvalue weighted by Crippen LogP contribution is -2.48. The summed E-state index contributed by atoms with van der Waals surface area (Å²) in [4.78, 5) is 66.5. The Morgan fingerprint density at radius 2 is 1.72 bits per heavy atom. The maximum Gasteiger partial charge on any atom is 0.256 e. The fraction of sp³-hybridized carbons (Fsp3) is 0.528. The molecule has 2 aromatic heterocycles. The van der Waals surface area contributed by atoms with E-state index in [4.69, 9.17) is 9.72 Å². The highest BCUT2D eigenvalue weighted by Crippen LogP contribution is 2.29. The molecule has 50 heavy (non-hydrogen) atoms. The van der Waals surface area contributed by atoms with Crippen molar-refractivity contribution in [3.05, 3.63) is 59.0 Å². The third kappa shape index (κ3) is 8.84. The lowest BCUT2D eigenvalue weighted by molar-refractivity contribution is -0.129. The van der Waals surface area contributed by atoms with E-state index in [1.165, 1.54) is 4.68 Å². The highest BCUT2D eigenvalue weighted by atomic mass is 16.5. The van der Waals surface area contributed by atoms with Gasteiger partial charge in [-0.05, 0) is 52.1 Å². The van der Waals surface area contributed by atoms with Crippen LogP contribution in [0.25, 0.3) is 11.4 Å². The Morgan fingerprint density at radius 1 is 0.960 bits per heavy atom. The van der Waals surface area contributed by atoms with E-state index in [1.54, 1.807) is 18.9 Å². The van der Waals surface area contributed by atoms with Crippen molar-refractivity contribution in [1.29, 1.82) is 0 Å². The minimum atomic E-state index is -0.741. The first-order valence-electron chi connectivity index (χ1n) is 17.4. The van der Waals surface area contributed by atoms with Crippen LogP contribution < -0.4 is 20.7 Å². The smallest absolute Gasteiger partial charge is 0.256 e. The standard InChI is InChI=1S/C36H49N9O5/c1-22(2)17-28-34(48)38-24(5)33-41-32(25-11-8-7-9-12-25)42-45(33)21-31(47)37-14-16-43(15-10-13-30(46)39-28)19-26-18-27-29(40-35(26)50-6)20-44(23(3)4)36(27)49/h7-9,11-12,18,22-24,28H,10,13-17,19-21H2,1-6H3,(H,37,47)(H,38,48)(H,39,46)/t24-,28+/m0/s1. The summed E-state index contributed by atoms with van der Waals surface area (Å²) in [6.07, 6.45) is 1.17. The minimum Gasteiger partial charge on any atom is -0.481 e. The van der Waals surface area contributed by atoms with Crippen LogP contribution in [0, 0.1) is 5.92 Å². The van der Waals surface area contributed by atoms with Crippen LogP contribution in [0.2, 0.25) is 0 Å². The number of carbonyl (C=O) groups is 4. The Bertz CT molecular complexity index is 1690. The number of hydrogen-bond donors (Lipinski definition) is 3. The molecule has 0 spiro atoms. The van der Waals surface area contributed by atoms with E-state index in [1.807, 2.05) is 64.1 Å². The van der Waals surface area contributed by atoms with Gasteiger partial charge in [0, 0.05) is 43.2 Å². The fourth-order valence-corrected chi connectivity index (χ4v) is 6.34. The van der Waals surface area contributed by atoms with Crippen LogP contribution in [0.15, 0.2) is 36.4 Å². The van der Waals surface area contributed by atoms with Crippen LogP contribution >= 0.6 is 0 Å². The molecule has 0 saturated carbocycles. The van der Waals surface area contributed by atoms with Crippen LogP contribution in [0.1, 0.15) is 87.4 Å². The number of ether oxygens (including phenoxy) is 1. The predicted octanol–water partition coefficient (Wildman–Crippen LogP) is 2.83. The number of benzene rings is 1. The van der Waals surface area contributed by atoms with Gasteiger partial charge in [0.15, 0.2) is 5.82 Å². The van der Waals surface area contributed by atoms with Crippen molar-refractivity contribution in [2.45, 2.75) is 91.6 Å². The van der Waals surface area contributed by atoms with Crippen molar-refractivity contribution in [3.8, 4) is 17.3 Å². The molecule has 0 saturated heterocycles. The number of hydrogen-bond acceptors (Lipinski definition) is 9. The van der Waals surface area contributed by atoms with Crippen molar-refractivity contribution < 1.29 is 23.9 Å². The van der Waals surface area contributed by atoms with Crippen molar-refractivity contribution in [3.63, 3.8) is 0 Å². The molecule has 268 valence electrons. The number of nitrogens with zero attached hydrogens (tertiary/aromatic N) is 6. The maximum atomic E-state index is 13.6. The topological polar surface area (TPSA) is 164 Å². The number of aromatic nitrogens is 4. The second-order valence-electron chi connectivity index (χ2n) is 13.7. The average molecular weight is 688 g/mol. The van der Waals surface area contributed by atoms with Crippen LogP contribution in [-0.2, 0) is 34.0 Å². The molecule has 5 rings (SSSR count). The predicted molar refractivity (Wildman–Crippen MR) is 187 cm³/mol. The molecular formula is C36H49N9O5. The Labute approximate surface area is 293 Å². The summed E-state index contributed by atoms with van der Waals surface area (Å²) in [5, 5.41) is 13.6. The van der Waals surface area contributed by atoms with Gasteiger partial charge in [-0.2, -0.15) is 5.10 Å². The number of methoxy groups -OCH3 is 1. The summed E-state index contributed by atoms with van der Waals surface area (Å²) >= 11 is 0. The first kappa shape index (κ1) is 36.4. The third-order valence-electron chi connectivity index (χ3n) is 8.92. The Hall–Kier alpha value is -4.85. The quantitative estimate of drug-likeness (QED) is 0.339. The molecule has 2 aliphatic rings. The Kier molecular flexibility index (Phi) is 11.8. The molecule has 2 atom stereocenters. The van der Waals surface area contributed by atoms with Crippen molar-refractivity contribution in [2.24, 2.45) is 5.92 Å². The second-order valence-corrected chi connectivity index (χ2v) is 13.7. The number of amides is 4. The summed E-state index contributed by atoms with van der Waals surface area (Å²) < 4.78 is 7.18. The van der Waals surface area contributed by atoms with Crippen molar-refractivity contribution >= 4 is 23.6 Å². The van der Waals surface area contributed by atoms with E-state index in [0.717, 1.165) is 11.1 Å². The van der Waals surface area contributed by atoms with Gasteiger partial charge in [0.25, 0.3) is 5.91 Å². The van der Waals surface area contributed by atoms with Gasteiger partial charge < -0.3 is 25.6 Å². The number of nitrogens with one attached hydrogen (secondary N) is 3. The first-order chi connectivity index (χ1) is 23.9. The monoisotopic (exact) mass is 687 g/mol. The molecule has 3 aromatic rings. The number of carbonyl (C=O) groups excluding carboxylic acids is 4. The van der Waals surface area contributed by atoms with E-state index >= 15 is 0 Å². The normalized spacial score (nSPS) is 19.9. The number of pyridine rings is 1. The third-order valence-corrected chi connectivity index (χ3v) is 8.92. The maximum absolute atomic E-state index is 13.6. The summed E-state index contributed by atoms with van der Waals surface area (Å²) in [7, 11) is 1.56. The number of rotatable bonds is 7. The molecule has 0 aliphatic carbocycles. The molecule has 0 radical (unpaired) electrons. The van der Waals surface area contributed by atoms with E-state index in [2.05, 4.69) is 30.9 Å². The summed E-state index contributed by atoms with van der Waals surface area (Å²) in [6.45, 7) is 11.8. The van der Waals surface area contributed by atoms with Gasteiger partial charge in [0.05, 0.1) is 31.0 Å². The molecule has 14 heteroatoms. The molecule has 14 nitrogen and oxygen atoms in total. The fourth-order valence-electron chi connectivity index (χ4n) is 6.34. The van der Waals surface area contributed by atoms with E-state index in [9.17, 15) is 19.2 Å². The zero-order valence-corrected chi connectivity index (χ0v) is 29.9.